The second kappa shape index (κ2) is 12.0. The van der Waals surface area contributed by atoms with Gasteiger partial charge in [-0.25, -0.2) is 0 Å². The van der Waals surface area contributed by atoms with E-state index in [0.717, 1.165) is 6.42 Å². The van der Waals surface area contributed by atoms with Crippen LogP contribution in [0.5, 0.6) is 0 Å². The first-order chi connectivity index (χ1) is 24.2. The number of hydrogen-bond acceptors (Lipinski definition) is 1. The lowest BCUT2D eigenvalue weighted by Gasteiger charge is -2.14. The van der Waals surface area contributed by atoms with Crippen molar-refractivity contribution >= 4 is 54.1 Å². The van der Waals surface area contributed by atoms with Gasteiger partial charge in [-0.15, -0.1) is 0 Å². The number of rotatable bonds is 6. The standard InChI is InChI=1S/C47H34N2/c48-27-8-2-3-10-32-17-24-43-44-26-23-40-31-39(38-21-20-36-29-35(18-19-37(36)30-38)33-11-4-1-5-12-33)22-25-42(40)47(44)49(46(43)28-32)45-16-9-14-34-13-6-7-15-41(34)45/h1-9,11-31H,10,48H2/b3-2-,27-8-. The quantitative estimate of drug-likeness (QED) is 0.183. The molecule has 0 atom stereocenters. The molecular weight excluding hydrogens is 593 g/mol. The second-order valence-corrected chi connectivity index (χ2v) is 12.7. The molecule has 0 radical (unpaired) electrons. The minimum atomic E-state index is 0.834. The molecule has 232 valence electrons. The molecule has 0 bridgehead atoms. The van der Waals surface area contributed by atoms with E-state index in [1.54, 1.807) is 6.20 Å². The van der Waals surface area contributed by atoms with E-state index in [4.69, 9.17) is 5.73 Å². The van der Waals surface area contributed by atoms with Crippen molar-refractivity contribution in [2.75, 3.05) is 0 Å². The van der Waals surface area contributed by atoms with E-state index >= 15 is 0 Å². The highest BCUT2D eigenvalue weighted by Crippen LogP contribution is 2.40. The number of allylic oxidation sites excluding steroid dienone is 3. The summed E-state index contributed by atoms with van der Waals surface area (Å²) in [5.41, 5.74) is 15.4. The SMILES string of the molecule is N/C=C\C=C/Cc1ccc2c3ccc4cc(-c5ccc6cc(-c7ccccc7)ccc6c5)ccc4c3n(-c3cccc4ccccc34)c2c1. The summed E-state index contributed by atoms with van der Waals surface area (Å²) in [6, 6.07) is 57.9. The van der Waals surface area contributed by atoms with Gasteiger partial charge in [-0.05, 0) is 98.4 Å². The summed E-state index contributed by atoms with van der Waals surface area (Å²) < 4.78 is 2.49. The molecule has 8 aromatic carbocycles. The summed E-state index contributed by atoms with van der Waals surface area (Å²) in [5, 5.41) is 9.95. The fraction of sp³-hybridized carbons (Fsp3) is 0.0213. The molecule has 2 N–H and O–H groups in total. The van der Waals surface area contributed by atoms with Gasteiger partial charge in [0, 0.05) is 21.5 Å². The highest BCUT2D eigenvalue weighted by molar-refractivity contribution is 6.19. The van der Waals surface area contributed by atoms with Gasteiger partial charge in [0.15, 0.2) is 0 Å². The Balaban J connectivity index is 1.22. The highest BCUT2D eigenvalue weighted by atomic mass is 15.0. The summed E-state index contributed by atoms with van der Waals surface area (Å²) in [6.07, 6.45) is 8.43. The van der Waals surface area contributed by atoms with Crippen LogP contribution in [0.1, 0.15) is 5.56 Å². The predicted molar refractivity (Wildman–Crippen MR) is 210 cm³/mol. The Hall–Kier alpha value is -6.38. The number of nitrogens with two attached hydrogens (primary N) is 1. The van der Waals surface area contributed by atoms with Crippen LogP contribution in [0.3, 0.4) is 0 Å². The predicted octanol–water partition coefficient (Wildman–Crippen LogP) is 12.1. The normalized spacial score (nSPS) is 12.1. The number of aromatic nitrogens is 1. The third-order valence-corrected chi connectivity index (χ3v) is 9.81. The van der Waals surface area contributed by atoms with Gasteiger partial charge in [0.1, 0.15) is 0 Å². The van der Waals surface area contributed by atoms with Crippen LogP contribution in [-0.2, 0) is 6.42 Å². The number of fused-ring (bicyclic) bond motifs is 7. The zero-order chi connectivity index (χ0) is 32.7. The molecule has 1 heterocycles. The topological polar surface area (TPSA) is 30.9 Å². The number of hydrogen-bond donors (Lipinski definition) is 1. The Bertz CT molecular complexity index is 2740. The van der Waals surface area contributed by atoms with Crippen LogP contribution in [0.2, 0.25) is 0 Å². The molecule has 9 aromatic rings. The Kier molecular flexibility index (Phi) is 7.06. The number of nitrogens with zero attached hydrogens (tertiary/aromatic N) is 1. The third kappa shape index (κ3) is 5.06. The molecule has 0 saturated heterocycles. The Morgan fingerprint density at radius 3 is 1.92 bits per heavy atom. The van der Waals surface area contributed by atoms with Crippen molar-refractivity contribution in [3.63, 3.8) is 0 Å². The molecule has 9 rings (SSSR count). The second-order valence-electron chi connectivity index (χ2n) is 12.7. The third-order valence-electron chi connectivity index (χ3n) is 9.81. The summed E-state index contributed by atoms with van der Waals surface area (Å²) in [5.74, 6) is 0. The van der Waals surface area contributed by atoms with Crippen LogP contribution in [-0.4, -0.2) is 4.57 Å². The van der Waals surface area contributed by atoms with Crippen LogP contribution in [0.4, 0.5) is 0 Å². The maximum Gasteiger partial charge on any atom is 0.0619 e. The monoisotopic (exact) mass is 626 g/mol. The molecule has 0 saturated carbocycles. The van der Waals surface area contributed by atoms with Crippen LogP contribution in [0, 0.1) is 0 Å². The van der Waals surface area contributed by atoms with Crippen molar-refractivity contribution in [3.05, 3.63) is 188 Å². The van der Waals surface area contributed by atoms with Gasteiger partial charge < -0.3 is 10.3 Å². The largest absolute Gasteiger partial charge is 0.405 e. The molecule has 1 aromatic heterocycles. The van der Waals surface area contributed by atoms with Crippen molar-refractivity contribution in [2.24, 2.45) is 5.73 Å². The van der Waals surface area contributed by atoms with Crippen LogP contribution in [0.25, 0.3) is 82.1 Å². The van der Waals surface area contributed by atoms with Crippen molar-refractivity contribution in [3.8, 4) is 27.9 Å². The van der Waals surface area contributed by atoms with Gasteiger partial charge in [0.05, 0.1) is 16.7 Å². The first kappa shape index (κ1) is 28.8. The Morgan fingerprint density at radius 2 is 1.10 bits per heavy atom. The minimum absolute atomic E-state index is 0.834. The van der Waals surface area contributed by atoms with E-state index in [1.807, 2.05) is 12.2 Å². The molecule has 0 aliphatic carbocycles. The molecule has 0 unspecified atom stereocenters. The van der Waals surface area contributed by atoms with Gasteiger partial charge in [0.2, 0.25) is 0 Å². The van der Waals surface area contributed by atoms with E-state index in [9.17, 15) is 0 Å². The van der Waals surface area contributed by atoms with Crippen LogP contribution in [0.15, 0.2) is 182 Å². The molecule has 0 spiro atoms. The van der Waals surface area contributed by atoms with Gasteiger partial charge in [-0.3, -0.25) is 0 Å². The molecule has 0 fully saturated rings. The fourth-order valence-corrected chi connectivity index (χ4v) is 7.42. The van der Waals surface area contributed by atoms with E-state index in [1.165, 1.54) is 87.6 Å². The molecule has 49 heavy (non-hydrogen) atoms. The fourth-order valence-electron chi connectivity index (χ4n) is 7.42. The molecule has 0 amide bonds. The van der Waals surface area contributed by atoms with E-state index in [2.05, 4.69) is 168 Å². The summed E-state index contributed by atoms with van der Waals surface area (Å²) in [7, 11) is 0. The lowest BCUT2D eigenvalue weighted by molar-refractivity contribution is 1.19. The number of benzene rings is 8. The zero-order valence-electron chi connectivity index (χ0n) is 27.1. The summed E-state index contributed by atoms with van der Waals surface area (Å²) in [4.78, 5) is 0. The van der Waals surface area contributed by atoms with Gasteiger partial charge in [0.25, 0.3) is 0 Å². The molecule has 2 heteroatoms. The van der Waals surface area contributed by atoms with E-state index in [0.29, 0.717) is 0 Å². The van der Waals surface area contributed by atoms with Gasteiger partial charge in [-0.2, -0.15) is 0 Å². The molecule has 0 aliphatic rings. The average Bonchev–Trinajstić information content (AvgIpc) is 3.50. The zero-order valence-corrected chi connectivity index (χ0v) is 27.1. The van der Waals surface area contributed by atoms with Crippen molar-refractivity contribution in [1.82, 2.24) is 4.57 Å². The van der Waals surface area contributed by atoms with Crippen molar-refractivity contribution < 1.29 is 0 Å². The average molecular weight is 627 g/mol. The van der Waals surface area contributed by atoms with Crippen molar-refractivity contribution in [1.29, 1.82) is 0 Å². The van der Waals surface area contributed by atoms with Crippen molar-refractivity contribution in [2.45, 2.75) is 6.42 Å². The van der Waals surface area contributed by atoms with E-state index in [-0.39, 0.29) is 0 Å². The Labute approximate surface area is 285 Å². The van der Waals surface area contributed by atoms with Crippen LogP contribution >= 0.6 is 0 Å². The van der Waals surface area contributed by atoms with Crippen LogP contribution < -0.4 is 5.73 Å². The maximum atomic E-state index is 5.55. The lowest BCUT2D eigenvalue weighted by atomic mass is 9.96. The smallest absolute Gasteiger partial charge is 0.0619 e. The molecule has 0 aliphatic heterocycles. The summed E-state index contributed by atoms with van der Waals surface area (Å²) in [6.45, 7) is 0. The first-order valence-corrected chi connectivity index (χ1v) is 16.9. The Morgan fingerprint density at radius 1 is 0.449 bits per heavy atom. The molecule has 2 nitrogen and oxygen atoms in total. The van der Waals surface area contributed by atoms with Gasteiger partial charge >= 0.3 is 0 Å². The van der Waals surface area contributed by atoms with Gasteiger partial charge in [-0.1, -0.05) is 140 Å². The first-order valence-electron chi connectivity index (χ1n) is 16.9. The summed E-state index contributed by atoms with van der Waals surface area (Å²) >= 11 is 0. The highest BCUT2D eigenvalue weighted by Gasteiger charge is 2.17. The lowest BCUT2D eigenvalue weighted by Crippen LogP contribution is -1.96. The minimum Gasteiger partial charge on any atom is -0.405 e. The molecular formula is C47H34N2. The van der Waals surface area contributed by atoms with E-state index < -0.39 is 0 Å². The maximum absolute atomic E-state index is 5.55.